The van der Waals surface area contributed by atoms with Crippen LogP contribution in [0.1, 0.15) is 6.42 Å². The van der Waals surface area contributed by atoms with Gasteiger partial charge in [-0.05, 0) is 6.42 Å². The van der Waals surface area contributed by atoms with Crippen molar-refractivity contribution in [3.63, 3.8) is 0 Å². The normalized spacial score (nSPS) is 18.7. The lowest BCUT2D eigenvalue weighted by Gasteiger charge is -2.18. The smallest absolute Gasteiger partial charge is 0.264 e. The predicted octanol–water partition coefficient (Wildman–Crippen LogP) is -0.0737. The van der Waals surface area contributed by atoms with E-state index in [2.05, 4.69) is 4.98 Å². The highest BCUT2D eigenvalue weighted by molar-refractivity contribution is 7.89. The SMILES string of the molecule is CN1CCCN(S(=O)(=O)c2ncn(C)c2Cl)CC1=O. The van der Waals surface area contributed by atoms with Crippen LogP contribution in [0.25, 0.3) is 0 Å². The van der Waals surface area contributed by atoms with Crippen molar-refractivity contribution in [1.29, 1.82) is 0 Å². The van der Waals surface area contributed by atoms with E-state index in [1.54, 1.807) is 14.1 Å². The van der Waals surface area contributed by atoms with Crippen LogP contribution in [-0.2, 0) is 21.9 Å². The van der Waals surface area contributed by atoms with Gasteiger partial charge in [0.15, 0.2) is 0 Å². The Kier molecular flexibility index (Phi) is 3.84. The lowest BCUT2D eigenvalue weighted by Crippen LogP contribution is -2.38. The Morgan fingerprint density at radius 2 is 2.00 bits per heavy atom. The first-order chi connectivity index (χ1) is 8.84. The van der Waals surface area contributed by atoms with Gasteiger partial charge in [0.05, 0.1) is 12.9 Å². The zero-order valence-electron chi connectivity index (χ0n) is 10.7. The summed E-state index contributed by atoms with van der Waals surface area (Å²) in [7, 11) is -0.564. The van der Waals surface area contributed by atoms with Gasteiger partial charge in [0, 0.05) is 27.2 Å². The second-order valence-corrected chi connectivity index (χ2v) is 6.67. The van der Waals surface area contributed by atoms with E-state index in [4.69, 9.17) is 11.6 Å². The molecular weight excluding hydrogens is 292 g/mol. The van der Waals surface area contributed by atoms with Crippen molar-refractivity contribution in [2.45, 2.75) is 11.4 Å². The molecule has 1 aliphatic heterocycles. The van der Waals surface area contributed by atoms with Crippen LogP contribution >= 0.6 is 11.6 Å². The summed E-state index contributed by atoms with van der Waals surface area (Å²) in [6.07, 6.45) is 1.92. The molecule has 2 rings (SSSR count). The topological polar surface area (TPSA) is 75.5 Å². The maximum absolute atomic E-state index is 12.4. The fourth-order valence-electron chi connectivity index (χ4n) is 1.85. The first-order valence-corrected chi connectivity index (χ1v) is 7.57. The second-order valence-electron chi connectivity index (χ2n) is 4.46. The molecule has 0 N–H and O–H groups in total. The number of hydrogen-bond donors (Lipinski definition) is 0. The van der Waals surface area contributed by atoms with Crippen molar-refractivity contribution >= 4 is 27.5 Å². The molecule has 0 unspecified atom stereocenters. The van der Waals surface area contributed by atoms with E-state index in [1.165, 1.54) is 15.8 Å². The number of aromatic nitrogens is 2. The van der Waals surface area contributed by atoms with Gasteiger partial charge in [0.2, 0.25) is 10.9 Å². The van der Waals surface area contributed by atoms with Crippen LogP contribution in [0.15, 0.2) is 11.4 Å². The quantitative estimate of drug-likeness (QED) is 0.766. The van der Waals surface area contributed by atoms with Gasteiger partial charge in [0.1, 0.15) is 5.15 Å². The average molecular weight is 307 g/mol. The molecule has 1 saturated heterocycles. The Hall–Kier alpha value is -1.12. The molecule has 0 spiro atoms. The van der Waals surface area contributed by atoms with Gasteiger partial charge in [-0.25, -0.2) is 13.4 Å². The number of amides is 1. The molecule has 1 aromatic heterocycles. The van der Waals surface area contributed by atoms with Crippen LogP contribution in [0.3, 0.4) is 0 Å². The Morgan fingerprint density at radius 1 is 1.32 bits per heavy atom. The van der Waals surface area contributed by atoms with Gasteiger partial charge in [-0.15, -0.1) is 0 Å². The van der Waals surface area contributed by atoms with E-state index < -0.39 is 10.0 Å². The molecule has 19 heavy (non-hydrogen) atoms. The second kappa shape index (κ2) is 5.10. The number of sulfonamides is 1. The number of halogens is 1. The van der Waals surface area contributed by atoms with Crippen LogP contribution in [0.5, 0.6) is 0 Å². The third-order valence-corrected chi connectivity index (χ3v) is 5.39. The van der Waals surface area contributed by atoms with Crippen LogP contribution in [-0.4, -0.2) is 59.8 Å². The lowest BCUT2D eigenvalue weighted by atomic mass is 10.4. The van der Waals surface area contributed by atoms with Crippen molar-refractivity contribution < 1.29 is 13.2 Å². The maximum Gasteiger partial charge on any atom is 0.264 e. The minimum atomic E-state index is -3.83. The fourth-order valence-corrected chi connectivity index (χ4v) is 3.67. The first-order valence-electron chi connectivity index (χ1n) is 5.75. The number of likely N-dealkylation sites (N-methyl/N-ethyl adjacent to an activating group) is 1. The largest absolute Gasteiger partial charge is 0.345 e. The minimum Gasteiger partial charge on any atom is -0.345 e. The molecule has 9 heteroatoms. The molecule has 0 saturated carbocycles. The van der Waals surface area contributed by atoms with Crippen LogP contribution in [0, 0.1) is 0 Å². The third-order valence-electron chi connectivity index (χ3n) is 3.06. The fraction of sp³-hybridized carbons (Fsp3) is 0.600. The van der Waals surface area contributed by atoms with E-state index in [0.717, 1.165) is 4.31 Å². The zero-order chi connectivity index (χ0) is 14.2. The van der Waals surface area contributed by atoms with Crippen LogP contribution < -0.4 is 0 Å². The molecule has 0 aliphatic carbocycles. The number of nitrogens with zero attached hydrogens (tertiary/aromatic N) is 4. The van der Waals surface area contributed by atoms with Gasteiger partial charge in [-0.1, -0.05) is 11.6 Å². The van der Waals surface area contributed by atoms with Crippen molar-refractivity contribution in [2.75, 3.05) is 26.7 Å². The Morgan fingerprint density at radius 3 is 2.58 bits per heavy atom. The highest BCUT2D eigenvalue weighted by atomic mass is 35.5. The Bertz CT molecular complexity index is 598. The number of carbonyl (C=O) groups excluding carboxylic acids is 1. The molecule has 2 heterocycles. The van der Waals surface area contributed by atoms with Crippen LogP contribution in [0.4, 0.5) is 0 Å². The van der Waals surface area contributed by atoms with Crippen molar-refractivity contribution in [1.82, 2.24) is 18.8 Å². The number of rotatable bonds is 2. The summed E-state index contributed by atoms with van der Waals surface area (Å²) in [5.74, 6) is -0.229. The first kappa shape index (κ1) is 14.3. The van der Waals surface area contributed by atoms with E-state index >= 15 is 0 Å². The van der Waals surface area contributed by atoms with Gasteiger partial charge in [0.25, 0.3) is 10.0 Å². The average Bonchev–Trinajstić information content (AvgIpc) is 2.58. The highest BCUT2D eigenvalue weighted by Gasteiger charge is 2.33. The van der Waals surface area contributed by atoms with Gasteiger partial charge < -0.3 is 9.47 Å². The van der Waals surface area contributed by atoms with Crippen molar-refractivity contribution in [3.8, 4) is 0 Å². The van der Waals surface area contributed by atoms with E-state index in [-0.39, 0.29) is 29.2 Å². The van der Waals surface area contributed by atoms with Crippen molar-refractivity contribution in [3.05, 3.63) is 11.5 Å². The predicted molar refractivity (Wildman–Crippen MR) is 69.2 cm³/mol. The highest BCUT2D eigenvalue weighted by Crippen LogP contribution is 2.23. The molecular formula is C10H15ClN4O3S. The summed E-state index contributed by atoms with van der Waals surface area (Å²) in [4.78, 5) is 17.1. The standard InChI is InChI=1S/C10H15ClN4O3S/c1-13-4-3-5-15(6-8(13)16)19(17,18)10-9(11)14(2)7-12-10/h7H,3-6H2,1-2H3. The van der Waals surface area contributed by atoms with Gasteiger partial charge >= 0.3 is 0 Å². The number of aryl methyl sites for hydroxylation is 1. The molecule has 0 atom stereocenters. The summed E-state index contributed by atoms with van der Waals surface area (Å²) in [5, 5.41) is -0.154. The minimum absolute atomic E-state index is 0.0463. The Labute approximate surface area is 116 Å². The lowest BCUT2D eigenvalue weighted by molar-refractivity contribution is -0.129. The Balaban J connectivity index is 2.34. The molecule has 1 fully saturated rings. The summed E-state index contributed by atoms with van der Waals surface area (Å²) >= 11 is 5.92. The zero-order valence-corrected chi connectivity index (χ0v) is 12.3. The number of carbonyl (C=O) groups is 1. The molecule has 0 aromatic carbocycles. The summed E-state index contributed by atoms with van der Waals surface area (Å²) in [6.45, 7) is 0.651. The third kappa shape index (κ3) is 2.60. The molecule has 106 valence electrons. The monoisotopic (exact) mass is 306 g/mol. The number of imidazole rings is 1. The summed E-state index contributed by atoms with van der Waals surface area (Å²) in [6, 6.07) is 0. The number of hydrogen-bond acceptors (Lipinski definition) is 4. The van der Waals surface area contributed by atoms with E-state index in [0.29, 0.717) is 13.0 Å². The summed E-state index contributed by atoms with van der Waals surface area (Å²) in [5.41, 5.74) is 0. The van der Waals surface area contributed by atoms with Gasteiger partial charge in [-0.2, -0.15) is 4.31 Å². The van der Waals surface area contributed by atoms with Crippen molar-refractivity contribution in [2.24, 2.45) is 7.05 Å². The molecule has 1 aromatic rings. The molecule has 1 aliphatic rings. The molecule has 7 nitrogen and oxygen atoms in total. The summed E-state index contributed by atoms with van der Waals surface area (Å²) < 4.78 is 27.4. The van der Waals surface area contributed by atoms with E-state index in [9.17, 15) is 13.2 Å². The molecule has 1 amide bonds. The molecule has 0 bridgehead atoms. The van der Waals surface area contributed by atoms with E-state index in [1.807, 2.05) is 0 Å². The molecule has 0 radical (unpaired) electrons. The maximum atomic E-state index is 12.4. The van der Waals surface area contributed by atoms with Gasteiger partial charge in [-0.3, -0.25) is 4.79 Å². The van der Waals surface area contributed by atoms with Crippen LogP contribution in [0.2, 0.25) is 5.15 Å².